The van der Waals surface area contributed by atoms with Gasteiger partial charge in [0, 0.05) is 17.6 Å². The van der Waals surface area contributed by atoms with Crippen molar-refractivity contribution < 1.29 is 22.7 Å². The van der Waals surface area contributed by atoms with Gasteiger partial charge in [-0.25, -0.2) is 0 Å². The average Bonchev–Trinajstić information content (AvgIpc) is 2.75. The number of benzene rings is 2. The van der Waals surface area contributed by atoms with Crippen LogP contribution < -0.4 is 4.74 Å². The number of hydrogen-bond donors (Lipinski definition) is 0. The highest BCUT2D eigenvalue weighted by atomic mass is 19.4. The average molecular weight is 304 g/mol. The zero-order chi connectivity index (χ0) is 15.7. The van der Waals surface area contributed by atoms with Gasteiger partial charge in [0.1, 0.15) is 5.75 Å². The van der Waals surface area contributed by atoms with Crippen LogP contribution in [0.1, 0.15) is 21.5 Å². The van der Waals surface area contributed by atoms with Gasteiger partial charge in [-0.15, -0.1) is 13.2 Å². The number of Topliss-reactive ketones (excluding diaryl/α,β-unsaturated/α-hetero) is 1. The van der Waals surface area contributed by atoms with E-state index in [9.17, 15) is 18.0 Å². The molecule has 5 heteroatoms. The second kappa shape index (κ2) is 5.33. The Morgan fingerprint density at radius 3 is 2.55 bits per heavy atom. The zero-order valence-electron chi connectivity index (χ0n) is 11.4. The van der Waals surface area contributed by atoms with Crippen LogP contribution in [0.15, 0.2) is 54.1 Å². The topological polar surface area (TPSA) is 26.3 Å². The van der Waals surface area contributed by atoms with Crippen LogP contribution in [0.4, 0.5) is 13.2 Å². The fourth-order valence-electron chi connectivity index (χ4n) is 2.47. The molecule has 2 aromatic rings. The molecule has 2 nitrogen and oxygen atoms in total. The first-order valence-corrected chi connectivity index (χ1v) is 6.61. The first-order chi connectivity index (χ1) is 10.4. The van der Waals surface area contributed by atoms with E-state index >= 15 is 0 Å². The molecule has 1 aliphatic rings. The maximum absolute atomic E-state index is 12.2. The van der Waals surface area contributed by atoms with Crippen LogP contribution in [0.3, 0.4) is 0 Å². The SMILES string of the molecule is O=C1/C(=C/c2cccc(OC(F)(F)F)c2)Cc2ccccc21. The molecule has 0 bridgehead atoms. The van der Waals surface area contributed by atoms with Crippen molar-refractivity contribution in [3.63, 3.8) is 0 Å². The molecule has 0 aromatic heterocycles. The normalized spacial score (nSPS) is 16.0. The molecule has 112 valence electrons. The van der Waals surface area contributed by atoms with Crippen LogP contribution >= 0.6 is 0 Å². The van der Waals surface area contributed by atoms with E-state index in [0.717, 1.165) is 5.56 Å². The van der Waals surface area contributed by atoms with Gasteiger partial charge in [-0.05, 0) is 29.3 Å². The predicted octanol–water partition coefficient (Wildman–Crippen LogP) is 4.41. The summed E-state index contributed by atoms with van der Waals surface area (Å²) in [7, 11) is 0. The number of carbonyl (C=O) groups excluding carboxylic acids is 1. The second-order valence-electron chi connectivity index (χ2n) is 4.95. The van der Waals surface area contributed by atoms with Gasteiger partial charge >= 0.3 is 6.36 Å². The quantitative estimate of drug-likeness (QED) is 0.768. The van der Waals surface area contributed by atoms with Crippen LogP contribution in [0.2, 0.25) is 0 Å². The highest BCUT2D eigenvalue weighted by molar-refractivity contribution is 6.15. The smallest absolute Gasteiger partial charge is 0.406 e. The maximum Gasteiger partial charge on any atom is 0.573 e. The van der Waals surface area contributed by atoms with E-state index in [-0.39, 0.29) is 11.5 Å². The van der Waals surface area contributed by atoms with Gasteiger partial charge in [0.05, 0.1) is 0 Å². The summed E-state index contributed by atoms with van der Waals surface area (Å²) in [6, 6.07) is 12.8. The Labute approximate surface area is 124 Å². The minimum atomic E-state index is -4.73. The fourth-order valence-corrected chi connectivity index (χ4v) is 2.47. The van der Waals surface area contributed by atoms with Gasteiger partial charge in [0.25, 0.3) is 0 Å². The van der Waals surface area contributed by atoms with Gasteiger partial charge in [0.2, 0.25) is 0 Å². The summed E-state index contributed by atoms with van der Waals surface area (Å²) in [6.07, 6.45) is -2.64. The van der Waals surface area contributed by atoms with Crippen molar-refractivity contribution in [2.75, 3.05) is 0 Å². The lowest BCUT2D eigenvalue weighted by Crippen LogP contribution is -2.17. The Hall–Kier alpha value is -2.56. The molecule has 0 saturated carbocycles. The largest absolute Gasteiger partial charge is 0.573 e. The summed E-state index contributed by atoms with van der Waals surface area (Å²) in [5.41, 5.74) is 2.64. The summed E-state index contributed by atoms with van der Waals surface area (Å²) in [5, 5.41) is 0. The third kappa shape index (κ3) is 3.03. The lowest BCUT2D eigenvalue weighted by molar-refractivity contribution is -0.274. The maximum atomic E-state index is 12.2. The number of allylic oxidation sites excluding steroid dienone is 1. The molecule has 0 radical (unpaired) electrons. The van der Waals surface area contributed by atoms with Crippen LogP contribution in [0, 0.1) is 0 Å². The summed E-state index contributed by atoms with van der Waals surface area (Å²) in [6.45, 7) is 0. The van der Waals surface area contributed by atoms with E-state index in [4.69, 9.17) is 0 Å². The van der Waals surface area contributed by atoms with E-state index in [1.54, 1.807) is 24.3 Å². The highest BCUT2D eigenvalue weighted by Gasteiger charge is 2.31. The number of carbonyl (C=O) groups is 1. The van der Waals surface area contributed by atoms with Gasteiger partial charge in [-0.1, -0.05) is 36.4 Å². The number of ketones is 1. The Bertz CT molecular complexity index is 760. The summed E-state index contributed by atoms with van der Waals surface area (Å²) >= 11 is 0. The molecular formula is C17H11F3O2. The summed E-state index contributed by atoms with van der Waals surface area (Å²) < 4.78 is 40.6. The molecule has 3 rings (SSSR count). The molecule has 0 saturated heterocycles. The van der Waals surface area contributed by atoms with Crippen molar-refractivity contribution >= 4 is 11.9 Å². The Morgan fingerprint density at radius 2 is 1.82 bits per heavy atom. The first kappa shape index (κ1) is 14.4. The predicted molar refractivity (Wildman–Crippen MR) is 75.6 cm³/mol. The minimum absolute atomic E-state index is 0.0854. The van der Waals surface area contributed by atoms with Crippen molar-refractivity contribution in [2.45, 2.75) is 12.8 Å². The van der Waals surface area contributed by atoms with E-state index in [1.807, 2.05) is 12.1 Å². The summed E-state index contributed by atoms with van der Waals surface area (Å²) in [5.74, 6) is -0.387. The molecule has 0 aliphatic heterocycles. The Morgan fingerprint density at radius 1 is 1.05 bits per heavy atom. The second-order valence-corrected chi connectivity index (χ2v) is 4.95. The summed E-state index contributed by atoms with van der Waals surface area (Å²) in [4.78, 5) is 12.2. The van der Waals surface area contributed by atoms with Gasteiger partial charge in [-0.2, -0.15) is 0 Å². The number of alkyl halides is 3. The molecule has 1 aliphatic carbocycles. The standard InChI is InChI=1S/C17H11F3O2/c18-17(19,20)22-14-6-3-4-11(9-14)8-13-10-12-5-1-2-7-15(12)16(13)21/h1-9H,10H2/b13-8+. The van der Waals surface area contributed by atoms with Crippen molar-refractivity contribution in [3.05, 3.63) is 70.8 Å². The molecule has 0 amide bonds. The van der Waals surface area contributed by atoms with E-state index < -0.39 is 6.36 Å². The van der Waals surface area contributed by atoms with Crippen LogP contribution in [-0.4, -0.2) is 12.1 Å². The molecule has 22 heavy (non-hydrogen) atoms. The number of ether oxygens (including phenoxy) is 1. The van der Waals surface area contributed by atoms with Crippen molar-refractivity contribution in [2.24, 2.45) is 0 Å². The lowest BCUT2D eigenvalue weighted by Gasteiger charge is -2.09. The third-order valence-corrected chi connectivity index (χ3v) is 3.37. The molecule has 0 unspecified atom stereocenters. The first-order valence-electron chi connectivity index (χ1n) is 6.61. The minimum Gasteiger partial charge on any atom is -0.406 e. The third-order valence-electron chi connectivity index (χ3n) is 3.37. The van der Waals surface area contributed by atoms with Gasteiger partial charge in [0.15, 0.2) is 5.78 Å². The molecule has 0 atom stereocenters. The van der Waals surface area contributed by atoms with E-state index in [1.165, 1.54) is 18.2 Å². The number of hydrogen-bond acceptors (Lipinski definition) is 2. The number of halogens is 3. The van der Waals surface area contributed by atoms with Gasteiger partial charge < -0.3 is 4.74 Å². The Kier molecular flexibility index (Phi) is 3.48. The molecule has 2 aromatic carbocycles. The molecular weight excluding hydrogens is 293 g/mol. The number of fused-ring (bicyclic) bond motifs is 1. The van der Waals surface area contributed by atoms with Crippen molar-refractivity contribution in [1.82, 2.24) is 0 Å². The van der Waals surface area contributed by atoms with Crippen LogP contribution in [0.5, 0.6) is 5.75 Å². The highest BCUT2D eigenvalue weighted by Crippen LogP contribution is 2.29. The molecule has 0 spiro atoms. The van der Waals surface area contributed by atoms with E-state index in [0.29, 0.717) is 23.1 Å². The Balaban J connectivity index is 1.88. The number of rotatable bonds is 2. The monoisotopic (exact) mass is 304 g/mol. The van der Waals surface area contributed by atoms with Gasteiger partial charge in [-0.3, -0.25) is 4.79 Å². The fraction of sp³-hybridized carbons (Fsp3) is 0.118. The van der Waals surface area contributed by atoms with Crippen molar-refractivity contribution in [1.29, 1.82) is 0 Å². The van der Waals surface area contributed by atoms with Crippen LogP contribution in [0.25, 0.3) is 6.08 Å². The molecule has 0 N–H and O–H groups in total. The van der Waals surface area contributed by atoms with Crippen LogP contribution in [-0.2, 0) is 6.42 Å². The van der Waals surface area contributed by atoms with Crippen molar-refractivity contribution in [3.8, 4) is 5.75 Å². The van der Waals surface area contributed by atoms with E-state index in [2.05, 4.69) is 4.74 Å². The molecule has 0 heterocycles. The zero-order valence-corrected chi connectivity index (χ0v) is 11.4. The molecule has 0 fully saturated rings. The lowest BCUT2D eigenvalue weighted by atomic mass is 10.1.